The number of hydrogen-bond donors (Lipinski definition) is 0. The molecule has 2 heterocycles. The van der Waals surface area contributed by atoms with Gasteiger partial charge in [0.2, 0.25) is 5.91 Å². The van der Waals surface area contributed by atoms with Crippen molar-refractivity contribution in [2.24, 2.45) is 29.6 Å². The Labute approximate surface area is 124 Å². The van der Waals surface area contributed by atoms with Gasteiger partial charge in [-0.2, -0.15) is 0 Å². The first kappa shape index (κ1) is 12.2. The van der Waals surface area contributed by atoms with Crippen molar-refractivity contribution in [3.05, 3.63) is 12.7 Å². The summed E-state index contributed by atoms with van der Waals surface area (Å²) in [5, 5.41) is 7.77. The fraction of sp³-hybridized carbons (Fsp3) is 0.812. The summed E-state index contributed by atoms with van der Waals surface area (Å²) in [7, 11) is 0. The zero-order valence-electron chi connectivity index (χ0n) is 12.3. The van der Waals surface area contributed by atoms with Crippen LogP contribution in [-0.4, -0.2) is 38.7 Å². The second-order valence-electron chi connectivity index (χ2n) is 7.48. The fourth-order valence-electron chi connectivity index (χ4n) is 5.65. The van der Waals surface area contributed by atoms with Crippen LogP contribution in [0.15, 0.2) is 12.7 Å². The maximum Gasteiger partial charge on any atom is 0.226 e. The Morgan fingerprint density at radius 2 is 1.57 bits per heavy atom. The van der Waals surface area contributed by atoms with Crippen molar-refractivity contribution in [1.29, 1.82) is 0 Å². The molecule has 5 nitrogen and oxygen atoms in total. The van der Waals surface area contributed by atoms with E-state index < -0.39 is 0 Å². The highest BCUT2D eigenvalue weighted by atomic mass is 16.2. The number of carbonyl (C=O) groups is 1. The lowest BCUT2D eigenvalue weighted by atomic mass is 9.99. The molecule has 0 spiro atoms. The van der Waals surface area contributed by atoms with Crippen LogP contribution in [0.2, 0.25) is 0 Å². The number of likely N-dealkylation sites (tertiary alicyclic amines) is 1. The molecule has 1 saturated heterocycles. The number of fused-ring (bicyclic) bond motifs is 5. The van der Waals surface area contributed by atoms with E-state index in [1.807, 2.05) is 0 Å². The van der Waals surface area contributed by atoms with E-state index in [1.54, 1.807) is 12.7 Å². The van der Waals surface area contributed by atoms with E-state index in [0.29, 0.717) is 17.9 Å². The normalized spacial score (nSPS) is 41.3. The molecule has 3 aliphatic carbocycles. The topological polar surface area (TPSA) is 51.0 Å². The third kappa shape index (κ3) is 1.72. The molecule has 0 radical (unpaired) electrons. The van der Waals surface area contributed by atoms with Crippen molar-refractivity contribution in [2.45, 2.75) is 38.1 Å². The third-order valence-corrected chi connectivity index (χ3v) is 6.65. The van der Waals surface area contributed by atoms with Crippen LogP contribution in [0.1, 0.15) is 38.1 Å². The maximum atomic E-state index is 12.8. The quantitative estimate of drug-likeness (QED) is 0.832. The van der Waals surface area contributed by atoms with Crippen LogP contribution in [0.3, 0.4) is 0 Å². The number of aromatic nitrogens is 3. The van der Waals surface area contributed by atoms with Gasteiger partial charge in [-0.05, 0) is 55.8 Å². The van der Waals surface area contributed by atoms with E-state index in [9.17, 15) is 4.79 Å². The largest absolute Gasteiger partial charge is 0.342 e. The molecule has 1 amide bonds. The molecule has 112 valence electrons. The first-order valence-corrected chi connectivity index (χ1v) is 8.46. The average molecular weight is 286 g/mol. The summed E-state index contributed by atoms with van der Waals surface area (Å²) in [5.74, 6) is 4.21. The Bertz CT molecular complexity index is 533. The van der Waals surface area contributed by atoms with Gasteiger partial charge < -0.3 is 9.47 Å². The highest BCUT2D eigenvalue weighted by Crippen LogP contribution is 2.69. The number of amides is 1. The summed E-state index contributed by atoms with van der Waals surface area (Å²) in [5.41, 5.74) is 0. The molecule has 1 unspecified atom stereocenters. The Balaban J connectivity index is 1.22. The van der Waals surface area contributed by atoms with Gasteiger partial charge in [0.25, 0.3) is 0 Å². The Hall–Kier alpha value is -1.39. The van der Waals surface area contributed by atoms with Crippen LogP contribution in [0, 0.1) is 29.6 Å². The van der Waals surface area contributed by atoms with Crippen molar-refractivity contribution in [1.82, 2.24) is 19.7 Å². The molecule has 3 saturated carbocycles. The zero-order valence-corrected chi connectivity index (χ0v) is 12.3. The maximum absolute atomic E-state index is 12.8. The lowest BCUT2D eigenvalue weighted by Crippen LogP contribution is -2.40. The summed E-state index contributed by atoms with van der Waals surface area (Å²) in [4.78, 5) is 14.9. The van der Waals surface area contributed by atoms with Gasteiger partial charge in [0, 0.05) is 25.0 Å². The Morgan fingerprint density at radius 3 is 2.19 bits per heavy atom. The zero-order chi connectivity index (χ0) is 14.0. The van der Waals surface area contributed by atoms with Crippen LogP contribution in [0.4, 0.5) is 0 Å². The highest BCUT2D eigenvalue weighted by molar-refractivity contribution is 5.83. The Kier molecular flexibility index (Phi) is 2.50. The summed E-state index contributed by atoms with van der Waals surface area (Å²) < 4.78 is 2.09. The monoisotopic (exact) mass is 286 g/mol. The molecule has 1 aromatic heterocycles. The van der Waals surface area contributed by atoms with Gasteiger partial charge in [-0.3, -0.25) is 4.79 Å². The van der Waals surface area contributed by atoms with Gasteiger partial charge in [0.05, 0.1) is 0 Å². The smallest absolute Gasteiger partial charge is 0.226 e. The summed E-state index contributed by atoms with van der Waals surface area (Å²) >= 11 is 0. The van der Waals surface area contributed by atoms with Gasteiger partial charge in [-0.1, -0.05) is 0 Å². The first-order chi connectivity index (χ1) is 10.3. The van der Waals surface area contributed by atoms with Gasteiger partial charge in [0.1, 0.15) is 12.7 Å². The molecule has 0 aromatic carbocycles. The van der Waals surface area contributed by atoms with Crippen LogP contribution < -0.4 is 0 Å². The summed E-state index contributed by atoms with van der Waals surface area (Å²) in [6.07, 6.45) is 9.89. The van der Waals surface area contributed by atoms with Crippen molar-refractivity contribution >= 4 is 5.91 Å². The highest BCUT2D eigenvalue weighted by Gasteiger charge is 2.67. The molecular weight excluding hydrogens is 264 g/mol. The number of rotatable bonds is 2. The first-order valence-electron chi connectivity index (χ1n) is 8.46. The van der Waals surface area contributed by atoms with Crippen molar-refractivity contribution in [3.63, 3.8) is 0 Å². The molecule has 1 aromatic rings. The van der Waals surface area contributed by atoms with Crippen molar-refractivity contribution in [3.8, 4) is 0 Å². The number of carbonyl (C=O) groups excluding carboxylic acids is 1. The predicted molar refractivity (Wildman–Crippen MR) is 76.2 cm³/mol. The summed E-state index contributed by atoms with van der Waals surface area (Å²) in [6, 6.07) is 0.471. The average Bonchev–Trinajstić information content (AvgIpc) is 2.97. The molecule has 1 aliphatic heterocycles. The van der Waals surface area contributed by atoms with E-state index in [1.165, 1.54) is 19.3 Å². The number of hydrogen-bond acceptors (Lipinski definition) is 3. The van der Waals surface area contributed by atoms with Crippen LogP contribution in [0.25, 0.3) is 0 Å². The van der Waals surface area contributed by atoms with E-state index in [2.05, 4.69) is 19.7 Å². The Morgan fingerprint density at radius 1 is 0.952 bits per heavy atom. The van der Waals surface area contributed by atoms with Crippen molar-refractivity contribution < 1.29 is 4.79 Å². The van der Waals surface area contributed by atoms with E-state index in [0.717, 1.165) is 49.6 Å². The van der Waals surface area contributed by atoms with Gasteiger partial charge in [-0.25, -0.2) is 0 Å². The molecular formula is C16H22N4O. The van der Waals surface area contributed by atoms with Gasteiger partial charge in [-0.15, -0.1) is 10.2 Å². The molecule has 21 heavy (non-hydrogen) atoms. The van der Waals surface area contributed by atoms with Crippen LogP contribution >= 0.6 is 0 Å². The fourth-order valence-corrected chi connectivity index (χ4v) is 5.65. The van der Waals surface area contributed by atoms with Gasteiger partial charge >= 0.3 is 0 Å². The predicted octanol–water partition coefficient (Wildman–Crippen LogP) is 1.73. The van der Waals surface area contributed by atoms with Crippen LogP contribution in [-0.2, 0) is 4.79 Å². The molecule has 4 fully saturated rings. The minimum atomic E-state index is 0.405. The SMILES string of the molecule is O=C(C1[C@@H]2[C@H]3CC[C@H](C3)[C@H]12)N1CCC(n2cnnc2)CC1. The lowest BCUT2D eigenvalue weighted by molar-refractivity contribution is -0.135. The third-order valence-electron chi connectivity index (χ3n) is 6.65. The van der Waals surface area contributed by atoms with Crippen LogP contribution in [0.5, 0.6) is 0 Å². The lowest BCUT2D eigenvalue weighted by Gasteiger charge is -2.33. The minimum Gasteiger partial charge on any atom is -0.342 e. The second-order valence-corrected chi connectivity index (χ2v) is 7.48. The molecule has 0 N–H and O–H groups in total. The molecule has 4 aliphatic rings. The minimum absolute atomic E-state index is 0.405. The molecule has 5 atom stereocenters. The van der Waals surface area contributed by atoms with Gasteiger partial charge in [0.15, 0.2) is 0 Å². The molecule has 2 bridgehead atoms. The standard InChI is InChI=1S/C16H22N4O/c21-16(15-13-10-1-2-11(7-10)14(13)15)19-5-3-12(4-6-19)20-8-17-18-9-20/h8-15H,1-7H2/t10-,11+,13+,14-,15?. The number of nitrogens with zero attached hydrogens (tertiary/aromatic N) is 4. The van der Waals surface area contributed by atoms with E-state index in [-0.39, 0.29) is 0 Å². The van der Waals surface area contributed by atoms with E-state index in [4.69, 9.17) is 0 Å². The van der Waals surface area contributed by atoms with Crippen molar-refractivity contribution in [2.75, 3.05) is 13.1 Å². The molecule has 5 heteroatoms. The van der Waals surface area contributed by atoms with E-state index >= 15 is 0 Å². The summed E-state index contributed by atoms with van der Waals surface area (Å²) in [6.45, 7) is 1.82. The number of piperidine rings is 1. The second kappa shape index (κ2) is 4.31. The molecule has 5 rings (SSSR count).